The third-order valence-electron chi connectivity index (χ3n) is 3.17. The zero-order valence-corrected chi connectivity index (χ0v) is 11.5. The minimum absolute atomic E-state index is 0.208. The molecular weight excluding hydrogens is 256 g/mol. The van der Waals surface area contributed by atoms with Crippen LogP contribution in [-0.2, 0) is 17.6 Å². The summed E-state index contributed by atoms with van der Waals surface area (Å²) < 4.78 is 1.96. The molecule has 3 rings (SSSR count). The van der Waals surface area contributed by atoms with Crippen molar-refractivity contribution in [3.8, 4) is 0 Å². The smallest absolute Gasteiger partial charge is 0.193 e. The number of thiazole rings is 1. The lowest BCUT2D eigenvalue weighted by Crippen LogP contribution is -2.07. The molecule has 0 aliphatic rings. The number of hydrogen-bond donors (Lipinski definition) is 0. The molecule has 0 saturated carbocycles. The molecule has 19 heavy (non-hydrogen) atoms. The molecule has 0 amide bonds. The molecule has 3 nitrogen and oxygen atoms in total. The first kappa shape index (κ1) is 12.1. The van der Waals surface area contributed by atoms with Crippen LogP contribution >= 0.6 is 11.3 Å². The van der Waals surface area contributed by atoms with Gasteiger partial charge in [0.15, 0.2) is 4.96 Å². The minimum atomic E-state index is 0.208. The molecule has 2 heterocycles. The number of benzene rings is 1. The van der Waals surface area contributed by atoms with Crippen LogP contribution in [0.4, 0.5) is 0 Å². The van der Waals surface area contributed by atoms with Crippen LogP contribution in [0.15, 0.2) is 42.0 Å². The monoisotopic (exact) mass is 270 g/mol. The van der Waals surface area contributed by atoms with Crippen molar-refractivity contribution in [2.24, 2.45) is 0 Å². The summed E-state index contributed by atoms with van der Waals surface area (Å²) in [6.07, 6.45) is 4.78. The summed E-state index contributed by atoms with van der Waals surface area (Å²) in [6.45, 7) is 2.04. The molecule has 0 fully saturated rings. The third kappa shape index (κ3) is 2.58. The van der Waals surface area contributed by atoms with E-state index in [-0.39, 0.29) is 5.78 Å². The maximum Gasteiger partial charge on any atom is 0.193 e. The number of carbonyl (C=O) groups excluding carboxylic acids is 1. The number of aromatic nitrogens is 2. The standard InChI is InChI=1S/C15H14N2OS/c1-11-4-2-3-5-12(11)8-14(18)9-13-10-17-6-7-19-15(17)16-13/h2-7,10H,8-9H2,1H3. The molecule has 0 N–H and O–H groups in total. The maximum absolute atomic E-state index is 12.1. The summed E-state index contributed by atoms with van der Waals surface area (Å²) in [4.78, 5) is 17.5. The fourth-order valence-corrected chi connectivity index (χ4v) is 2.87. The Morgan fingerprint density at radius 1 is 1.32 bits per heavy atom. The molecule has 0 aliphatic carbocycles. The van der Waals surface area contributed by atoms with Crippen LogP contribution in [-0.4, -0.2) is 15.2 Å². The minimum Gasteiger partial charge on any atom is -0.299 e. The van der Waals surface area contributed by atoms with Gasteiger partial charge in [-0.1, -0.05) is 24.3 Å². The Hall–Kier alpha value is -1.94. The third-order valence-corrected chi connectivity index (χ3v) is 3.94. The van der Waals surface area contributed by atoms with E-state index in [1.165, 1.54) is 5.56 Å². The van der Waals surface area contributed by atoms with E-state index in [1.807, 2.05) is 53.4 Å². The lowest BCUT2D eigenvalue weighted by atomic mass is 10.0. The lowest BCUT2D eigenvalue weighted by Gasteiger charge is -2.03. The summed E-state index contributed by atoms with van der Waals surface area (Å²) in [5.41, 5.74) is 3.13. The van der Waals surface area contributed by atoms with E-state index in [9.17, 15) is 4.79 Å². The first-order valence-electron chi connectivity index (χ1n) is 6.19. The second kappa shape index (κ2) is 4.97. The summed E-state index contributed by atoms with van der Waals surface area (Å²) >= 11 is 1.58. The highest BCUT2D eigenvalue weighted by Gasteiger charge is 2.10. The maximum atomic E-state index is 12.1. The van der Waals surface area contributed by atoms with Crippen molar-refractivity contribution in [1.82, 2.24) is 9.38 Å². The number of Topliss-reactive ketones (excluding diaryl/α,β-unsaturated/α-hetero) is 1. The molecule has 2 aromatic heterocycles. The highest BCUT2D eigenvalue weighted by atomic mass is 32.1. The van der Waals surface area contributed by atoms with Crippen LogP contribution in [0, 0.1) is 6.92 Å². The molecular formula is C15H14N2OS. The van der Waals surface area contributed by atoms with Crippen LogP contribution in [0.1, 0.15) is 16.8 Å². The highest BCUT2D eigenvalue weighted by molar-refractivity contribution is 7.15. The van der Waals surface area contributed by atoms with Gasteiger partial charge in [0, 0.05) is 24.2 Å². The van der Waals surface area contributed by atoms with Gasteiger partial charge in [-0.25, -0.2) is 4.98 Å². The van der Waals surface area contributed by atoms with Crippen molar-refractivity contribution in [2.45, 2.75) is 19.8 Å². The molecule has 96 valence electrons. The average molecular weight is 270 g/mol. The predicted octanol–water partition coefficient (Wildman–Crippen LogP) is 3.06. The van der Waals surface area contributed by atoms with Crippen LogP contribution in [0.3, 0.4) is 0 Å². The number of carbonyl (C=O) groups is 1. The molecule has 0 radical (unpaired) electrons. The van der Waals surface area contributed by atoms with Gasteiger partial charge in [0.1, 0.15) is 5.78 Å². The first-order valence-corrected chi connectivity index (χ1v) is 7.07. The van der Waals surface area contributed by atoms with Crippen LogP contribution < -0.4 is 0 Å². The van der Waals surface area contributed by atoms with Gasteiger partial charge in [0.25, 0.3) is 0 Å². The summed E-state index contributed by atoms with van der Waals surface area (Å²) in [7, 11) is 0. The Morgan fingerprint density at radius 3 is 2.95 bits per heavy atom. The van der Waals surface area contributed by atoms with Crippen molar-refractivity contribution in [3.05, 3.63) is 58.9 Å². The molecule has 3 aromatic rings. The number of ketones is 1. The average Bonchev–Trinajstić information content (AvgIpc) is 2.92. The quantitative estimate of drug-likeness (QED) is 0.730. The van der Waals surface area contributed by atoms with E-state index in [1.54, 1.807) is 11.3 Å². The molecule has 0 saturated heterocycles. The van der Waals surface area contributed by atoms with Crippen LogP contribution in [0.5, 0.6) is 0 Å². The van der Waals surface area contributed by atoms with Crippen molar-refractivity contribution in [1.29, 1.82) is 0 Å². The van der Waals surface area contributed by atoms with Gasteiger partial charge >= 0.3 is 0 Å². The van der Waals surface area contributed by atoms with Gasteiger partial charge in [-0.3, -0.25) is 9.20 Å². The Balaban J connectivity index is 1.72. The van der Waals surface area contributed by atoms with Crippen molar-refractivity contribution >= 4 is 22.1 Å². The zero-order valence-electron chi connectivity index (χ0n) is 10.7. The highest BCUT2D eigenvalue weighted by Crippen LogP contribution is 2.13. The van der Waals surface area contributed by atoms with Crippen LogP contribution in [0.2, 0.25) is 0 Å². The second-order valence-electron chi connectivity index (χ2n) is 4.64. The first-order chi connectivity index (χ1) is 9.22. The number of imidazole rings is 1. The van der Waals surface area contributed by atoms with Gasteiger partial charge in [-0.15, -0.1) is 11.3 Å². The molecule has 0 unspecified atom stereocenters. The van der Waals surface area contributed by atoms with Crippen LogP contribution in [0.25, 0.3) is 4.96 Å². The van der Waals surface area contributed by atoms with Crippen molar-refractivity contribution in [2.75, 3.05) is 0 Å². The second-order valence-corrected chi connectivity index (χ2v) is 5.52. The van der Waals surface area contributed by atoms with Gasteiger partial charge in [0.05, 0.1) is 12.1 Å². The molecule has 1 aromatic carbocycles. The summed E-state index contributed by atoms with van der Waals surface area (Å²) in [5.74, 6) is 0.208. The molecule has 0 spiro atoms. The summed E-state index contributed by atoms with van der Waals surface area (Å²) in [6, 6.07) is 8.02. The lowest BCUT2D eigenvalue weighted by molar-refractivity contribution is -0.117. The van der Waals surface area contributed by atoms with E-state index in [4.69, 9.17) is 0 Å². The Morgan fingerprint density at radius 2 is 2.16 bits per heavy atom. The topological polar surface area (TPSA) is 34.4 Å². The SMILES string of the molecule is Cc1ccccc1CC(=O)Cc1cn2ccsc2n1. The van der Waals surface area contributed by atoms with Gasteiger partial charge in [0.2, 0.25) is 0 Å². The number of hydrogen-bond acceptors (Lipinski definition) is 3. The molecule has 0 atom stereocenters. The molecule has 4 heteroatoms. The van der Waals surface area contributed by atoms with E-state index in [2.05, 4.69) is 4.98 Å². The number of rotatable bonds is 4. The number of nitrogens with zero attached hydrogens (tertiary/aromatic N) is 2. The Kier molecular flexibility index (Phi) is 3.17. The normalized spacial score (nSPS) is 11.0. The van der Waals surface area contributed by atoms with E-state index < -0.39 is 0 Å². The van der Waals surface area contributed by atoms with Gasteiger partial charge in [-0.05, 0) is 18.1 Å². The van der Waals surface area contributed by atoms with Gasteiger partial charge in [-0.2, -0.15) is 0 Å². The Bertz CT molecular complexity index is 698. The molecule has 0 bridgehead atoms. The number of fused-ring (bicyclic) bond motifs is 1. The van der Waals surface area contributed by atoms with Gasteiger partial charge < -0.3 is 0 Å². The fraction of sp³-hybridized carbons (Fsp3) is 0.200. The van der Waals surface area contributed by atoms with E-state index in [0.717, 1.165) is 16.2 Å². The fourth-order valence-electron chi connectivity index (χ4n) is 2.15. The van der Waals surface area contributed by atoms with E-state index >= 15 is 0 Å². The Labute approximate surface area is 115 Å². The summed E-state index contributed by atoms with van der Waals surface area (Å²) in [5, 5.41) is 1.99. The largest absolute Gasteiger partial charge is 0.299 e. The zero-order chi connectivity index (χ0) is 13.2. The van der Waals surface area contributed by atoms with E-state index in [0.29, 0.717) is 12.8 Å². The van der Waals surface area contributed by atoms with Crippen molar-refractivity contribution < 1.29 is 4.79 Å². The number of aryl methyl sites for hydroxylation is 1. The predicted molar refractivity (Wildman–Crippen MR) is 76.7 cm³/mol. The molecule has 0 aliphatic heterocycles. The van der Waals surface area contributed by atoms with Crippen molar-refractivity contribution in [3.63, 3.8) is 0 Å².